The lowest BCUT2D eigenvalue weighted by Gasteiger charge is -2.17. The van der Waals surface area contributed by atoms with Crippen molar-refractivity contribution in [3.63, 3.8) is 0 Å². The minimum atomic E-state index is -0.911. The fourth-order valence-electron chi connectivity index (χ4n) is 1.93. The number of nitrogens with one attached hydrogen (secondary N) is 1. The quantitative estimate of drug-likeness (QED) is 0.716. The topological polar surface area (TPSA) is 66.4 Å². The zero-order chi connectivity index (χ0) is 15.0. The molecule has 0 saturated carbocycles. The smallest absolute Gasteiger partial charge is 0.305 e. The standard InChI is InChI=1S/C16H21NO3/c1-3-4-5-15(18)17-14(11-16(19)20)10-13-8-6-12(2)7-9-13/h3,6-9,14H,1,4-5,10-11H2,2H3,(H,17,18)(H,19,20)/t14-/m1/s1. The zero-order valence-corrected chi connectivity index (χ0v) is 11.8. The Bertz CT molecular complexity index is 465. The number of hydrogen-bond acceptors (Lipinski definition) is 2. The van der Waals surface area contributed by atoms with Crippen molar-refractivity contribution < 1.29 is 14.7 Å². The minimum Gasteiger partial charge on any atom is -0.481 e. The van der Waals surface area contributed by atoms with Crippen molar-refractivity contribution in [1.29, 1.82) is 0 Å². The first-order chi connectivity index (χ1) is 9.51. The number of carboxylic acids is 1. The van der Waals surface area contributed by atoms with Crippen LogP contribution < -0.4 is 5.32 Å². The van der Waals surface area contributed by atoms with Crippen LogP contribution in [-0.2, 0) is 16.0 Å². The molecule has 2 N–H and O–H groups in total. The van der Waals surface area contributed by atoms with E-state index in [4.69, 9.17) is 5.11 Å². The van der Waals surface area contributed by atoms with Gasteiger partial charge in [0.25, 0.3) is 0 Å². The number of aliphatic carboxylic acids is 1. The van der Waals surface area contributed by atoms with Crippen LogP contribution in [0, 0.1) is 6.92 Å². The third-order valence-corrected chi connectivity index (χ3v) is 2.96. The molecule has 0 aliphatic heterocycles. The molecule has 0 fully saturated rings. The molecule has 1 atom stereocenters. The van der Waals surface area contributed by atoms with Gasteiger partial charge in [-0.2, -0.15) is 0 Å². The fraction of sp³-hybridized carbons (Fsp3) is 0.375. The number of amides is 1. The first kappa shape index (κ1) is 16.0. The molecule has 1 aromatic carbocycles. The van der Waals surface area contributed by atoms with Crippen molar-refractivity contribution >= 4 is 11.9 Å². The average Bonchev–Trinajstić information content (AvgIpc) is 2.38. The third kappa shape index (κ3) is 6.18. The number of carbonyl (C=O) groups excluding carboxylic acids is 1. The number of allylic oxidation sites excluding steroid dienone is 1. The van der Waals surface area contributed by atoms with E-state index < -0.39 is 5.97 Å². The molecule has 1 rings (SSSR count). The Kier molecular flexibility index (Phi) is 6.50. The molecular weight excluding hydrogens is 254 g/mol. The molecule has 0 aliphatic rings. The molecule has 0 unspecified atom stereocenters. The van der Waals surface area contributed by atoms with E-state index in [-0.39, 0.29) is 18.4 Å². The highest BCUT2D eigenvalue weighted by molar-refractivity contribution is 5.77. The summed E-state index contributed by atoms with van der Waals surface area (Å²) in [6.45, 7) is 5.56. The van der Waals surface area contributed by atoms with Crippen molar-refractivity contribution in [3.8, 4) is 0 Å². The van der Waals surface area contributed by atoms with E-state index in [1.54, 1.807) is 6.08 Å². The third-order valence-electron chi connectivity index (χ3n) is 2.96. The Morgan fingerprint density at radius 2 is 2.00 bits per heavy atom. The molecule has 0 bridgehead atoms. The lowest BCUT2D eigenvalue weighted by molar-refractivity contribution is -0.137. The SMILES string of the molecule is C=CCCC(=O)N[C@@H](CC(=O)O)Cc1ccc(C)cc1. The highest BCUT2D eigenvalue weighted by Crippen LogP contribution is 2.09. The number of carbonyl (C=O) groups is 2. The molecule has 1 aromatic rings. The van der Waals surface area contributed by atoms with E-state index in [2.05, 4.69) is 11.9 Å². The van der Waals surface area contributed by atoms with Gasteiger partial charge in [0.1, 0.15) is 0 Å². The zero-order valence-electron chi connectivity index (χ0n) is 11.8. The molecule has 0 heterocycles. The number of benzene rings is 1. The van der Waals surface area contributed by atoms with Crippen LogP contribution in [0.5, 0.6) is 0 Å². The van der Waals surface area contributed by atoms with Crippen molar-refractivity contribution in [2.45, 2.75) is 38.6 Å². The predicted molar refractivity (Wildman–Crippen MR) is 78.5 cm³/mol. The maximum atomic E-state index is 11.7. The Morgan fingerprint density at radius 1 is 1.35 bits per heavy atom. The molecule has 4 nitrogen and oxygen atoms in total. The van der Waals surface area contributed by atoms with Gasteiger partial charge in [0.2, 0.25) is 5.91 Å². The van der Waals surface area contributed by atoms with Gasteiger partial charge in [-0.05, 0) is 25.3 Å². The molecule has 1 amide bonds. The van der Waals surface area contributed by atoms with E-state index in [1.807, 2.05) is 31.2 Å². The minimum absolute atomic E-state index is 0.0757. The van der Waals surface area contributed by atoms with Gasteiger partial charge in [-0.1, -0.05) is 35.9 Å². The first-order valence-corrected chi connectivity index (χ1v) is 6.69. The van der Waals surface area contributed by atoms with Crippen LogP contribution >= 0.6 is 0 Å². The molecule has 0 spiro atoms. The molecule has 108 valence electrons. The van der Waals surface area contributed by atoms with Crippen LogP contribution in [0.2, 0.25) is 0 Å². The van der Waals surface area contributed by atoms with Crippen molar-refractivity contribution in [2.24, 2.45) is 0 Å². The maximum Gasteiger partial charge on any atom is 0.305 e. The second-order valence-corrected chi connectivity index (χ2v) is 4.88. The summed E-state index contributed by atoms with van der Waals surface area (Å²) in [5, 5.41) is 11.7. The Morgan fingerprint density at radius 3 is 2.55 bits per heavy atom. The number of aryl methyl sites for hydroxylation is 1. The Hall–Kier alpha value is -2.10. The van der Waals surface area contributed by atoms with Crippen LogP contribution in [0.3, 0.4) is 0 Å². The van der Waals surface area contributed by atoms with Crippen LogP contribution in [-0.4, -0.2) is 23.0 Å². The van der Waals surface area contributed by atoms with E-state index in [9.17, 15) is 9.59 Å². The fourth-order valence-corrected chi connectivity index (χ4v) is 1.93. The van der Waals surface area contributed by atoms with Gasteiger partial charge < -0.3 is 10.4 Å². The highest BCUT2D eigenvalue weighted by Gasteiger charge is 2.16. The molecule has 0 saturated heterocycles. The molecule has 4 heteroatoms. The largest absolute Gasteiger partial charge is 0.481 e. The summed E-state index contributed by atoms with van der Waals surface area (Å²) in [4.78, 5) is 22.6. The predicted octanol–water partition coefficient (Wildman–Crippen LogP) is 2.46. The molecule has 0 aromatic heterocycles. The van der Waals surface area contributed by atoms with Gasteiger partial charge in [0.15, 0.2) is 0 Å². The molecular formula is C16H21NO3. The summed E-state index contributed by atoms with van der Waals surface area (Å²) in [5.74, 6) is -1.05. The van der Waals surface area contributed by atoms with Gasteiger partial charge in [-0.3, -0.25) is 9.59 Å². The lowest BCUT2D eigenvalue weighted by Crippen LogP contribution is -2.37. The van der Waals surface area contributed by atoms with Crippen LogP contribution in [0.1, 0.15) is 30.4 Å². The van der Waals surface area contributed by atoms with Gasteiger partial charge in [-0.15, -0.1) is 6.58 Å². The molecule has 0 radical (unpaired) electrons. The summed E-state index contributed by atoms with van der Waals surface area (Å²) in [6, 6.07) is 7.49. The molecule has 0 aliphatic carbocycles. The van der Waals surface area contributed by atoms with Crippen molar-refractivity contribution in [3.05, 3.63) is 48.0 Å². The summed E-state index contributed by atoms with van der Waals surface area (Å²) in [7, 11) is 0. The van der Waals surface area contributed by atoms with Crippen LogP contribution in [0.15, 0.2) is 36.9 Å². The summed E-state index contributed by atoms with van der Waals surface area (Å²) >= 11 is 0. The number of carboxylic acid groups (broad SMARTS) is 1. The lowest BCUT2D eigenvalue weighted by atomic mass is 10.0. The summed E-state index contributed by atoms with van der Waals surface area (Å²) in [6.07, 6.45) is 3.05. The van der Waals surface area contributed by atoms with E-state index in [0.717, 1.165) is 11.1 Å². The summed E-state index contributed by atoms with van der Waals surface area (Å²) < 4.78 is 0. The van der Waals surface area contributed by atoms with Crippen molar-refractivity contribution in [2.75, 3.05) is 0 Å². The summed E-state index contributed by atoms with van der Waals surface area (Å²) in [5.41, 5.74) is 2.17. The van der Waals surface area contributed by atoms with Gasteiger partial charge in [0.05, 0.1) is 6.42 Å². The normalized spacial score (nSPS) is 11.7. The van der Waals surface area contributed by atoms with Crippen LogP contribution in [0.25, 0.3) is 0 Å². The monoisotopic (exact) mass is 275 g/mol. The average molecular weight is 275 g/mol. The highest BCUT2D eigenvalue weighted by atomic mass is 16.4. The second-order valence-electron chi connectivity index (χ2n) is 4.88. The first-order valence-electron chi connectivity index (χ1n) is 6.69. The molecule has 20 heavy (non-hydrogen) atoms. The van der Waals surface area contributed by atoms with E-state index in [1.165, 1.54) is 0 Å². The van der Waals surface area contributed by atoms with Crippen LogP contribution in [0.4, 0.5) is 0 Å². The number of rotatable bonds is 8. The van der Waals surface area contributed by atoms with Crippen molar-refractivity contribution in [1.82, 2.24) is 5.32 Å². The van der Waals surface area contributed by atoms with E-state index >= 15 is 0 Å². The Labute approximate surface area is 119 Å². The van der Waals surface area contributed by atoms with E-state index in [0.29, 0.717) is 19.3 Å². The number of hydrogen-bond donors (Lipinski definition) is 2. The second kappa shape index (κ2) is 8.15. The maximum absolute atomic E-state index is 11.7. The van der Waals surface area contributed by atoms with Gasteiger partial charge >= 0.3 is 5.97 Å². The Balaban J connectivity index is 2.63. The van der Waals surface area contributed by atoms with Gasteiger partial charge in [-0.25, -0.2) is 0 Å². The van der Waals surface area contributed by atoms with Gasteiger partial charge in [0, 0.05) is 12.5 Å².